The van der Waals surface area contributed by atoms with E-state index in [0.29, 0.717) is 33.5 Å². The van der Waals surface area contributed by atoms with Gasteiger partial charge >= 0.3 is 0 Å². The second kappa shape index (κ2) is 7.32. The minimum absolute atomic E-state index is 0.318. The lowest BCUT2D eigenvalue weighted by atomic mass is 10.1. The Morgan fingerprint density at radius 2 is 1.70 bits per heavy atom. The predicted octanol–water partition coefficient (Wildman–Crippen LogP) is 3.77. The molecule has 1 amide bonds. The number of rotatable bonds is 5. The molecule has 0 aliphatic rings. The molecule has 0 unspecified atom stereocenters. The second-order valence-corrected chi connectivity index (χ2v) is 6.97. The van der Waals surface area contributed by atoms with Crippen molar-refractivity contribution in [3.8, 4) is 17.2 Å². The Bertz CT molecular complexity index is 1000. The Kier molecular flexibility index (Phi) is 5.09. The number of fused-ring (bicyclic) bond motifs is 1. The highest BCUT2D eigenvalue weighted by Crippen LogP contribution is 2.41. The van der Waals surface area contributed by atoms with Crippen molar-refractivity contribution in [1.29, 1.82) is 0 Å². The lowest BCUT2D eigenvalue weighted by Crippen LogP contribution is -2.12. The monoisotopic (exact) mass is 387 g/mol. The molecule has 0 aliphatic carbocycles. The molecule has 27 heavy (non-hydrogen) atoms. The number of nitrogen functional groups attached to an aromatic ring is 1. The van der Waals surface area contributed by atoms with Crippen molar-refractivity contribution in [2.24, 2.45) is 0 Å². The fourth-order valence-corrected chi connectivity index (χ4v) is 4.09. The number of carbonyl (C=O) groups is 1. The van der Waals surface area contributed by atoms with Crippen LogP contribution in [0.2, 0.25) is 0 Å². The number of aromatic nitrogens is 1. The van der Waals surface area contributed by atoms with Crippen molar-refractivity contribution in [2.45, 2.75) is 13.8 Å². The van der Waals surface area contributed by atoms with E-state index in [1.165, 1.54) is 32.7 Å². The zero-order valence-electron chi connectivity index (χ0n) is 15.8. The van der Waals surface area contributed by atoms with Gasteiger partial charge in [-0.1, -0.05) is 0 Å². The Morgan fingerprint density at radius 1 is 1.07 bits per heavy atom. The summed E-state index contributed by atoms with van der Waals surface area (Å²) >= 11 is 1.27. The number of thiophene rings is 1. The van der Waals surface area contributed by atoms with Crippen LogP contribution >= 0.6 is 11.3 Å². The maximum Gasteiger partial charge on any atom is 0.267 e. The molecule has 0 radical (unpaired) electrons. The number of pyridine rings is 1. The van der Waals surface area contributed by atoms with Crippen LogP contribution in [-0.4, -0.2) is 32.2 Å². The van der Waals surface area contributed by atoms with Gasteiger partial charge in [0, 0.05) is 28.9 Å². The highest BCUT2D eigenvalue weighted by molar-refractivity contribution is 7.21. The topological polar surface area (TPSA) is 95.7 Å². The molecule has 0 aliphatic heterocycles. The number of amides is 1. The van der Waals surface area contributed by atoms with Crippen LogP contribution in [0.5, 0.6) is 17.2 Å². The summed E-state index contributed by atoms with van der Waals surface area (Å²) in [5.74, 6) is 1.03. The SMILES string of the molecule is COc1cc(NC(=O)c2sc3nc(C)cc(C)c3c2N)cc(OC)c1OC. The third-order valence-electron chi connectivity index (χ3n) is 4.15. The van der Waals surface area contributed by atoms with Gasteiger partial charge in [-0.2, -0.15) is 0 Å². The number of carbonyl (C=O) groups excluding carboxylic acids is 1. The molecule has 0 atom stereocenters. The average Bonchev–Trinajstić information content (AvgIpc) is 2.97. The van der Waals surface area contributed by atoms with Crippen LogP contribution in [0.25, 0.3) is 10.2 Å². The summed E-state index contributed by atoms with van der Waals surface area (Å²) in [5.41, 5.74) is 9.07. The number of anilines is 2. The number of nitrogens with one attached hydrogen (secondary N) is 1. The van der Waals surface area contributed by atoms with Gasteiger partial charge in [0.2, 0.25) is 5.75 Å². The van der Waals surface area contributed by atoms with E-state index in [2.05, 4.69) is 10.3 Å². The van der Waals surface area contributed by atoms with Crippen molar-refractivity contribution < 1.29 is 19.0 Å². The van der Waals surface area contributed by atoms with E-state index in [9.17, 15) is 4.79 Å². The molecule has 1 aromatic carbocycles. The van der Waals surface area contributed by atoms with Crippen LogP contribution < -0.4 is 25.3 Å². The van der Waals surface area contributed by atoms with Crippen LogP contribution in [-0.2, 0) is 0 Å². The number of nitrogens with two attached hydrogens (primary N) is 1. The van der Waals surface area contributed by atoms with Crippen LogP contribution in [0.3, 0.4) is 0 Å². The standard InChI is InChI=1S/C19H21N3O4S/c1-9-6-10(2)21-19-14(9)15(20)17(27-19)18(23)22-11-7-12(24-3)16(26-5)13(8-11)25-4/h6-8H,20H2,1-5H3,(H,22,23). The lowest BCUT2D eigenvalue weighted by molar-refractivity contribution is 0.103. The van der Waals surface area contributed by atoms with Gasteiger partial charge < -0.3 is 25.3 Å². The van der Waals surface area contributed by atoms with Crippen molar-refractivity contribution in [2.75, 3.05) is 32.4 Å². The minimum Gasteiger partial charge on any atom is -0.493 e. The van der Waals surface area contributed by atoms with Crippen molar-refractivity contribution in [3.05, 3.63) is 34.3 Å². The van der Waals surface area contributed by atoms with E-state index in [1.807, 2.05) is 19.9 Å². The molecule has 3 N–H and O–H groups in total. The van der Waals surface area contributed by atoms with Gasteiger partial charge in [0.15, 0.2) is 11.5 Å². The summed E-state index contributed by atoms with van der Waals surface area (Å²) < 4.78 is 15.9. The van der Waals surface area contributed by atoms with Gasteiger partial charge in [-0.3, -0.25) is 4.79 Å². The number of nitrogens with zero attached hydrogens (tertiary/aromatic N) is 1. The Morgan fingerprint density at radius 3 is 2.26 bits per heavy atom. The zero-order chi connectivity index (χ0) is 19.7. The molecule has 2 heterocycles. The first kappa shape index (κ1) is 18.8. The highest BCUT2D eigenvalue weighted by atomic mass is 32.1. The Labute approximate surface area is 161 Å². The minimum atomic E-state index is -0.318. The van der Waals surface area contributed by atoms with E-state index in [4.69, 9.17) is 19.9 Å². The normalized spacial score (nSPS) is 10.7. The fourth-order valence-electron chi connectivity index (χ4n) is 2.98. The molecule has 0 spiro atoms. The quantitative estimate of drug-likeness (QED) is 0.692. The third kappa shape index (κ3) is 3.35. The summed E-state index contributed by atoms with van der Waals surface area (Å²) in [6.45, 7) is 3.87. The molecule has 3 aromatic rings. The smallest absolute Gasteiger partial charge is 0.267 e. The zero-order valence-corrected chi connectivity index (χ0v) is 16.6. The third-order valence-corrected chi connectivity index (χ3v) is 5.25. The molecule has 0 saturated heterocycles. The summed E-state index contributed by atoms with van der Waals surface area (Å²) in [6.07, 6.45) is 0. The van der Waals surface area contributed by atoms with E-state index in [-0.39, 0.29) is 5.91 Å². The van der Waals surface area contributed by atoms with Crippen LogP contribution in [0.15, 0.2) is 18.2 Å². The average molecular weight is 387 g/mol. The molecule has 3 rings (SSSR count). The number of methoxy groups -OCH3 is 3. The van der Waals surface area contributed by atoms with Crippen molar-refractivity contribution in [1.82, 2.24) is 4.98 Å². The van der Waals surface area contributed by atoms with E-state index < -0.39 is 0 Å². The molecule has 142 valence electrons. The molecule has 2 aromatic heterocycles. The molecule has 0 fully saturated rings. The predicted molar refractivity (Wildman–Crippen MR) is 108 cm³/mol. The number of hydrogen-bond donors (Lipinski definition) is 2. The number of hydrogen-bond acceptors (Lipinski definition) is 7. The lowest BCUT2D eigenvalue weighted by Gasteiger charge is -2.14. The first-order valence-corrected chi connectivity index (χ1v) is 8.98. The van der Waals surface area contributed by atoms with Gasteiger partial charge in [-0.05, 0) is 25.5 Å². The first-order chi connectivity index (χ1) is 12.9. The van der Waals surface area contributed by atoms with Crippen molar-refractivity contribution in [3.63, 3.8) is 0 Å². The summed E-state index contributed by atoms with van der Waals surface area (Å²) in [5, 5.41) is 3.66. The highest BCUT2D eigenvalue weighted by Gasteiger charge is 2.20. The first-order valence-electron chi connectivity index (χ1n) is 8.17. The Hall–Kier alpha value is -3.00. The van der Waals surface area contributed by atoms with Gasteiger partial charge in [0.1, 0.15) is 9.71 Å². The van der Waals surface area contributed by atoms with Crippen LogP contribution in [0, 0.1) is 13.8 Å². The molecule has 0 bridgehead atoms. The van der Waals surface area contributed by atoms with E-state index in [0.717, 1.165) is 21.5 Å². The summed E-state index contributed by atoms with van der Waals surface area (Å²) in [4.78, 5) is 18.5. The van der Waals surface area contributed by atoms with Crippen LogP contribution in [0.4, 0.5) is 11.4 Å². The summed E-state index contributed by atoms with van der Waals surface area (Å²) in [7, 11) is 4.56. The maximum absolute atomic E-state index is 12.8. The molecule has 8 heteroatoms. The van der Waals surface area contributed by atoms with Gasteiger partial charge in [-0.25, -0.2) is 4.98 Å². The van der Waals surface area contributed by atoms with Gasteiger partial charge in [0.05, 0.1) is 27.0 Å². The van der Waals surface area contributed by atoms with Gasteiger partial charge in [-0.15, -0.1) is 11.3 Å². The van der Waals surface area contributed by atoms with Crippen molar-refractivity contribution >= 4 is 38.8 Å². The largest absolute Gasteiger partial charge is 0.493 e. The van der Waals surface area contributed by atoms with Crippen LogP contribution in [0.1, 0.15) is 20.9 Å². The molecule has 7 nitrogen and oxygen atoms in total. The maximum atomic E-state index is 12.8. The fraction of sp³-hybridized carbons (Fsp3) is 0.263. The van der Waals surface area contributed by atoms with E-state index >= 15 is 0 Å². The van der Waals surface area contributed by atoms with E-state index in [1.54, 1.807) is 12.1 Å². The molecule has 0 saturated carbocycles. The number of aryl methyl sites for hydroxylation is 2. The number of ether oxygens (including phenoxy) is 3. The second-order valence-electron chi connectivity index (χ2n) is 5.97. The van der Waals surface area contributed by atoms with Gasteiger partial charge in [0.25, 0.3) is 5.91 Å². The molecular weight excluding hydrogens is 366 g/mol. The summed E-state index contributed by atoms with van der Waals surface area (Å²) in [6, 6.07) is 5.28. The Balaban J connectivity index is 2.00. The number of benzene rings is 1. The molecular formula is C19H21N3O4S.